The maximum Gasteiger partial charge on any atom is 0.325 e. The first-order chi connectivity index (χ1) is 14.8. The van der Waals surface area contributed by atoms with E-state index in [9.17, 15) is 19.2 Å². The Balaban J connectivity index is 1.38. The number of carbonyl (C=O) groups is 4. The minimum absolute atomic E-state index is 0.226. The van der Waals surface area contributed by atoms with E-state index in [2.05, 4.69) is 21.2 Å². The number of rotatable bonds is 4. The first-order valence-corrected chi connectivity index (χ1v) is 10.6. The molecule has 0 saturated carbocycles. The minimum Gasteiger partial charge on any atom is -0.459 e. The molecule has 4 rings (SSSR count). The van der Waals surface area contributed by atoms with Gasteiger partial charge in [-0.3, -0.25) is 19.3 Å². The molecule has 1 N–H and O–H groups in total. The van der Waals surface area contributed by atoms with Gasteiger partial charge in [-0.25, -0.2) is 4.79 Å². The molecule has 0 unspecified atom stereocenters. The van der Waals surface area contributed by atoms with Crippen LogP contribution in [0.1, 0.15) is 23.0 Å². The van der Waals surface area contributed by atoms with Gasteiger partial charge >= 0.3 is 6.03 Å². The molecule has 1 aromatic heterocycles. The minimum atomic E-state index is -1.24. The van der Waals surface area contributed by atoms with E-state index >= 15 is 0 Å². The van der Waals surface area contributed by atoms with Crippen molar-refractivity contribution in [3.63, 3.8) is 0 Å². The van der Waals surface area contributed by atoms with Crippen LogP contribution in [0.15, 0.2) is 51.6 Å². The topological polar surface area (TPSA) is 103 Å². The van der Waals surface area contributed by atoms with Crippen molar-refractivity contribution < 1.29 is 23.6 Å². The number of urea groups is 1. The third-order valence-corrected chi connectivity index (χ3v) is 6.12. The number of amides is 5. The average molecular weight is 489 g/mol. The second-order valence-electron chi connectivity index (χ2n) is 7.61. The van der Waals surface area contributed by atoms with Gasteiger partial charge in [0.05, 0.1) is 6.26 Å². The molecule has 162 valence electrons. The molecule has 2 aromatic rings. The van der Waals surface area contributed by atoms with E-state index in [0.29, 0.717) is 31.7 Å². The molecule has 2 saturated heterocycles. The summed E-state index contributed by atoms with van der Waals surface area (Å²) < 4.78 is 5.92. The number of halogens is 1. The predicted octanol–water partition coefficient (Wildman–Crippen LogP) is 1.79. The molecule has 9 nitrogen and oxygen atoms in total. The fourth-order valence-corrected chi connectivity index (χ4v) is 4.19. The summed E-state index contributed by atoms with van der Waals surface area (Å²) in [5, 5.41) is 2.70. The molecule has 0 bridgehead atoms. The molecule has 2 aliphatic heterocycles. The first-order valence-electron chi connectivity index (χ1n) is 9.80. The van der Waals surface area contributed by atoms with Crippen LogP contribution in [0.5, 0.6) is 0 Å². The summed E-state index contributed by atoms with van der Waals surface area (Å²) >= 11 is 3.37. The van der Waals surface area contributed by atoms with Gasteiger partial charge in [0, 0.05) is 30.7 Å². The van der Waals surface area contributed by atoms with E-state index in [1.807, 2.05) is 6.07 Å². The molecule has 2 aliphatic rings. The van der Waals surface area contributed by atoms with Gasteiger partial charge < -0.3 is 19.5 Å². The lowest BCUT2D eigenvalue weighted by atomic mass is 9.92. The second kappa shape index (κ2) is 8.18. The molecule has 10 heteroatoms. The normalized spacial score (nSPS) is 21.4. The quantitative estimate of drug-likeness (QED) is 0.660. The third kappa shape index (κ3) is 3.95. The lowest BCUT2D eigenvalue weighted by Gasteiger charge is -2.34. The molecular weight excluding hydrogens is 468 g/mol. The van der Waals surface area contributed by atoms with Crippen LogP contribution in [-0.4, -0.2) is 71.2 Å². The van der Waals surface area contributed by atoms with Gasteiger partial charge in [0.2, 0.25) is 5.91 Å². The van der Waals surface area contributed by atoms with Gasteiger partial charge in [-0.05, 0) is 36.8 Å². The van der Waals surface area contributed by atoms with Crippen LogP contribution < -0.4 is 5.32 Å². The predicted molar refractivity (Wildman–Crippen MR) is 113 cm³/mol. The molecule has 1 atom stereocenters. The largest absolute Gasteiger partial charge is 0.459 e. The molecule has 5 amide bonds. The Morgan fingerprint density at radius 1 is 1.10 bits per heavy atom. The van der Waals surface area contributed by atoms with Crippen LogP contribution in [0.3, 0.4) is 0 Å². The summed E-state index contributed by atoms with van der Waals surface area (Å²) in [7, 11) is 0. The first kappa shape index (κ1) is 21.1. The van der Waals surface area contributed by atoms with Gasteiger partial charge in [0.1, 0.15) is 12.1 Å². The maximum absolute atomic E-state index is 13.0. The van der Waals surface area contributed by atoms with E-state index < -0.39 is 17.5 Å². The van der Waals surface area contributed by atoms with Crippen molar-refractivity contribution in [1.82, 2.24) is 20.0 Å². The summed E-state index contributed by atoms with van der Waals surface area (Å²) in [5.74, 6) is -0.787. The van der Waals surface area contributed by atoms with Gasteiger partial charge in [-0.15, -0.1) is 0 Å². The fraction of sp³-hybridized carbons (Fsp3) is 0.333. The van der Waals surface area contributed by atoms with E-state index in [0.717, 1.165) is 9.37 Å². The Bertz CT molecular complexity index is 1030. The Morgan fingerprint density at radius 3 is 2.45 bits per heavy atom. The summed E-state index contributed by atoms with van der Waals surface area (Å²) in [6.45, 7) is 2.61. The zero-order valence-corrected chi connectivity index (χ0v) is 18.4. The highest BCUT2D eigenvalue weighted by molar-refractivity contribution is 9.10. The van der Waals surface area contributed by atoms with Crippen molar-refractivity contribution in [2.75, 3.05) is 32.7 Å². The van der Waals surface area contributed by atoms with Crippen molar-refractivity contribution in [2.24, 2.45) is 0 Å². The summed E-state index contributed by atoms with van der Waals surface area (Å²) in [5.41, 5.74) is -0.616. The number of carbonyl (C=O) groups excluding carboxylic acids is 4. The number of imide groups is 1. The van der Waals surface area contributed by atoms with Gasteiger partial charge in [0.15, 0.2) is 5.76 Å². The van der Waals surface area contributed by atoms with Crippen molar-refractivity contribution in [3.05, 3.63) is 58.5 Å². The molecule has 2 fully saturated rings. The zero-order chi connectivity index (χ0) is 22.2. The second-order valence-corrected chi connectivity index (χ2v) is 8.52. The van der Waals surface area contributed by atoms with Crippen molar-refractivity contribution in [2.45, 2.75) is 12.5 Å². The van der Waals surface area contributed by atoms with Crippen molar-refractivity contribution in [1.29, 1.82) is 0 Å². The zero-order valence-electron chi connectivity index (χ0n) is 16.8. The lowest BCUT2D eigenvalue weighted by Crippen LogP contribution is -2.53. The number of benzene rings is 1. The average Bonchev–Trinajstić information content (AvgIpc) is 3.37. The Labute approximate surface area is 187 Å². The van der Waals surface area contributed by atoms with Crippen LogP contribution in [0.2, 0.25) is 0 Å². The van der Waals surface area contributed by atoms with Gasteiger partial charge in [-0.2, -0.15) is 0 Å². The monoisotopic (exact) mass is 488 g/mol. The molecule has 1 aromatic carbocycles. The number of furan rings is 1. The molecule has 0 radical (unpaired) electrons. The maximum atomic E-state index is 13.0. The van der Waals surface area contributed by atoms with E-state index in [1.54, 1.807) is 47.1 Å². The highest BCUT2D eigenvalue weighted by atomic mass is 79.9. The number of nitrogens with one attached hydrogen (secondary N) is 1. The molecule has 0 spiro atoms. The van der Waals surface area contributed by atoms with Crippen molar-refractivity contribution >= 4 is 39.7 Å². The standard InChI is InChI=1S/C21H21BrN4O5/c1-21(14-4-2-5-15(22)12-14)19(29)26(20(30)23-21)13-17(27)24-7-9-25(10-8-24)18(28)16-6-3-11-31-16/h2-6,11-12H,7-10,13H2,1H3,(H,23,30)/t21-/m1/s1. The Hall–Kier alpha value is -3.14. The molecular formula is C21H21BrN4O5. The summed E-state index contributed by atoms with van der Waals surface area (Å²) in [6, 6.07) is 9.76. The van der Waals surface area contributed by atoms with E-state index in [4.69, 9.17) is 4.42 Å². The Morgan fingerprint density at radius 2 is 1.81 bits per heavy atom. The SMILES string of the molecule is C[C@]1(c2cccc(Br)c2)NC(=O)N(CC(=O)N2CCN(C(=O)c3ccco3)CC2)C1=O. The molecule has 0 aliphatic carbocycles. The van der Waals surface area contributed by atoms with Gasteiger partial charge in [0.25, 0.3) is 11.8 Å². The van der Waals surface area contributed by atoms with E-state index in [-0.39, 0.29) is 24.1 Å². The smallest absolute Gasteiger partial charge is 0.325 e. The number of piperazine rings is 1. The van der Waals surface area contributed by atoms with Crippen LogP contribution >= 0.6 is 15.9 Å². The fourth-order valence-electron chi connectivity index (χ4n) is 3.79. The Kier molecular flexibility index (Phi) is 5.57. The molecule has 31 heavy (non-hydrogen) atoms. The van der Waals surface area contributed by atoms with Crippen LogP contribution in [0.25, 0.3) is 0 Å². The van der Waals surface area contributed by atoms with Crippen LogP contribution in [0, 0.1) is 0 Å². The van der Waals surface area contributed by atoms with E-state index in [1.165, 1.54) is 6.26 Å². The van der Waals surface area contributed by atoms with Crippen LogP contribution in [0.4, 0.5) is 4.79 Å². The van der Waals surface area contributed by atoms with Crippen molar-refractivity contribution in [3.8, 4) is 0 Å². The summed E-state index contributed by atoms with van der Waals surface area (Å²) in [6.07, 6.45) is 1.44. The number of hydrogen-bond acceptors (Lipinski definition) is 5. The van der Waals surface area contributed by atoms with Crippen LogP contribution in [-0.2, 0) is 15.1 Å². The highest BCUT2D eigenvalue weighted by Crippen LogP contribution is 2.30. The lowest BCUT2D eigenvalue weighted by molar-refractivity contribution is -0.139. The highest BCUT2D eigenvalue weighted by Gasteiger charge is 2.49. The number of hydrogen-bond donors (Lipinski definition) is 1. The molecule has 3 heterocycles. The summed E-state index contributed by atoms with van der Waals surface area (Å²) in [4.78, 5) is 54.8. The number of nitrogens with zero attached hydrogens (tertiary/aromatic N) is 3. The third-order valence-electron chi connectivity index (χ3n) is 5.62. The van der Waals surface area contributed by atoms with Gasteiger partial charge in [-0.1, -0.05) is 28.1 Å².